The number of benzene rings is 2. The molecular formula is C23H20F2N10O12S4. The molecule has 22 nitrogen and oxygen atoms in total. The lowest BCUT2D eigenvalue weighted by atomic mass is 10.3. The number of azo groups is 2. The molecule has 2 aromatic heterocycles. The standard InChI is InChI=1S/C23H20F2N10O12S4/c24-19-10-20(30-23(25)29-19)28-11-1-4-17(49(38,39)40)14(7-11)33-35-16-9-15(21(26)31-22(16)27)34-32-13-3-2-12(8-18(13)50(41,42)43)48(36,37)6-5-47-51(44,45)46/h1-4,7-10H,5-6H2,(H4,26,27,31)(H,28,29,30)(H,38,39,40)(H,41,42,43)(H,44,45,46). The zero-order valence-corrected chi connectivity index (χ0v) is 28.0. The molecule has 28 heteroatoms. The van der Waals surface area contributed by atoms with Crippen molar-refractivity contribution < 1.29 is 60.3 Å². The number of halogens is 2. The molecule has 0 atom stereocenters. The molecule has 0 unspecified atom stereocenters. The van der Waals surface area contributed by atoms with E-state index in [9.17, 15) is 51.6 Å². The van der Waals surface area contributed by atoms with Crippen molar-refractivity contribution in [2.24, 2.45) is 20.5 Å². The van der Waals surface area contributed by atoms with Crippen LogP contribution in [-0.4, -0.2) is 74.6 Å². The van der Waals surface area contributed by atoms with Gasteiger partial charge in [-0.2, -0.15) is 44.0 Å². The Kier molecular flexibility index (Phi) is 11.0. The molecule has 0 amide bonds. The monoisotopic (exact) mass is 794 g/mol. The van der Waals surface area contributed by atoms with Gasteiger partial charge in [-0.05, 0) is 36.4 Å². The van der Waals surface area contributed by atoms with E-state index in [-0.39, 0.29) is 22.9 Å². The first-order valence-electron chi connectivity index (χ1n) is 13.0. The molecule has 0 aliphatic carbocycles. The molecule has 2 aromatic carbocycles. The lowest BCUT2D eigenvalue weighted by Gasteiger charge is -2.09. The Morgan fingerprint density at radius 1 is 0.686 bits per heavy atom. The van der Waals surface area contributed by atoms with E-state index in [4.69, 9.17) is 16.0 Å². The van der Waals surface area contributed by atoms with Gasteiger partial charge in [0.2, 0.25) is 5.95 Å². The largest absolute Gasteiger partial charge is 0.397 e. The van der Waals surface area contributed by atoms with Crippen LogP contribution in [0.1, 0.15) is 0 Å². The number of anilines is 4. The van der Waals surface area contributed by atoms with Crippen LogP contribution >= 0.6 is 0 Å². The average molecular weight is 795 g/mol. The van der Waals surface area contributed by atoms with Gasteiger partial charge in [-0.1, -0.05) is 0 Å². The molecule has 272 valence electrons. The number of hydrogen-bond donors (Lipinski definition) is 6. The summed E-state index contributed by atoms with van der Waals surface area (Å²) >= 11 is 0. The maximum atomic E-state index is 13.5. The normalized spacial score (nSPS) is 12.9. The summed E-state index contributed by atoms with van der Waals surface area (Å²) < 4.78 is 153. The third-order valence-corrected chi connectivity index (χ3v) is 9.82. The second-order valence-corrected chi connectivity index (χ2v) is 15.5. The minimum atomic E-state index is -5.18. The molecule has 0 saturated carbocycles. The fraction of sp³-hybridized carbons (Fsp3) is 0.0870. The second-order valence-electron chi connectivity index (χ2n) is 9.50. The van der Waals surface area contributed by atoms with Crippen LogP contribution in [-0.2, 0) is 44.7 Å². The van der Waals surface area contributed by atoms with Gasteiger partial charge in [0.1, 0.15) is 38.4 Å². The third kappa shape index (κ3) is 10.4. The van der Waals surface area contributed by atoms with Gasteiger partial charge in [0.25, 0.3) is 20.2 Å². The van der Waals surface area contributed by atoms with Crippen LogP contribution in [0.15, 0.2) is 83.7 Å². The zero-order chi connectivity index (χ0) is 37.9. The summed E-state index contributed by atoms with van der Waals surface area (Å²) in [5.41, 5.74) is 9.75. The van der Waals surface area contributed by atoms with Crippen molar-refractivity contribution in [3.05, 3.63) is 60.6 Å². The average Bonchev–Trinajstić information content (AvgIpc) is 2.98. The highest BCUT2D eigenvalue weighted by Gasteiger charge is 2.23. The van der Waals surface area contributed by atoms with E-state index >= 15 is 0 Å². The van der Waals surface area contributed by atoms with E-state index in [2.05, 4.69) is 44.9 Å². The predicted octanol–water partition coefficient (Wildman–Crippen LogP) is 2.98. The molecule has 0 aliphatic heterocycles. The van der Waals surface area contributed by atoms with Gasteiger partial charge in [-0.3, -0.25) is 13.7 Å². The van der Waals surface area contributed by atoms with Crippen LogP contribution in [0.4, 0.5) is 54.7 Å². The number of nitrogen functional groups attached to an aromatic ring is 2. The summed E-state index contributed by atoms with van der Waals surface area (Å²) in [6.45, 7) is -1.03. The van der Waals surface area contributed by atoms with Crippen molar-refractivity contribution in [3.63, 3.8) is 0 Å². The molecule has 0 aliphatic rings. The Hall–Kier alpha value is -5.23. The molecule has 4 rings (SSSR count). The number of nitrogens with one attached hydrogen (secondary N) is 1. The van der Waals surface area contributed by atoms with Crippen molar-refractivity contribution in [3.8, 4) is 0 Å². The maximum Gasteiger partial charge on any atom is 0.397 e. The number of pyridine rings is 1. The molecule has 4 aromatic rings. The highest BCUT2D eigenvalue weighted by molar-refractivity contribution is 7.91. The van der Waals surface area contributed by atoms with Gasteiger partial charge in [-0.15, -0.1) is 20.5 Å². The van der Waals surface area contributed by atoms with Gasteiger partial charge in [0, 0.05) is 17.8 Å². The highest BCUT2D eigenvalue weighted by Crippen LogP contribution is 2.36. The number of nitrogens with two attached hydrogens (primary N) is 2. The van der Waals surface area contributed by atoms with Crippen molar-refractivity contribution in [1.82, 2.24) is 15.0 Å². The van der Waals surface area contributed by atoms with E-state index in [1.165, 1.54) is 0 Å². The first-order chi connectivity index (χ1) is 23.5. The highest BCUT2D eigenvalue weighted by atomic mass is 32.3. The Morgan fingerprint density at radius 3 is 1.84 bits per heavy atom. The van der Waals surface area contributed by atoms with Gasteiger partial charge < -0.3 is 16.8 Å². The summed E-state index contributed by atoms with van der Waals surface area (Å²) in [5.74, 6) is -3.45. The first kappa shape index (κ1) is 38.6. The number of nitrogens with zero attached hydrogens (tertiary/aromatic N) is 7. The third-order valence-electron chi connectivity index (χ3n) is 5.90. The molecule has 8 N–H and O–H groups in total. The van der Waals surface area contributed by atoms with Crippen molar-refractivity contribution in [2.45, 2.75) is 14.7 Å². The van der Waals surface area contributed by atoms with Crippen molar-refractivity contribution in [1.29, 1.82) is 0 Å². The van der Waals surface area contributed by atoms with E-state index in [0.29, 0.717) is 6.07 Å². The minimum Gasteiger partial charge on any atom is -0.382 e. The maximum absolute atomic E-state index is 13.5. The number of aromatic nitrogens is 3. The SMILES string of the molecule is Nc1nc(N)c(N=Nc2ccc(S(=O)(=O)CCOS(=O)(=O)O)cc2S(=O)(=O)O)cc1N=Nc1cc(Nc2cc(F)nc(F)n2)ccc1S(=O)(=O)O. The van der Waals surface area contributed by atoms with Crippen LogP contribution in [0.25, 0.3) is 0 Å². The summed E-state index contributed by atoms with van der Waals surface area (Å²) in [7, 11) is -19.5. The van der Waals surface area contributed by atoms with Gasteiger partial charge >= 0.3 is 16.5 Å². The molecule has 51 heavy (non-hydrogen) atoms. The number of sulfone groups is 1. The quantitative estimate of drug-likeness (QED) is 0.0490. The smallest absolute Gasteiger partial charge is 0.382 e. The topological polar surface area (TPSA) is 359 Å². The van der Waals surface area contributed by atoms with Crippen LogP contribution in [0.5, 0.6) is 0 Å². The van der Waals surface area contributed by atoms with Crippen LogP contribution in [0, 0.1) is 12.0 Å². The minimum absolute atomic E-state index is 0.0355. The summed E-state index contributed by atoms with van der Waals surface area (Å²) in [6, 6.07) is 6.82. The summed E-state index contributed by atoms with van der Waals surface area (Å²) in [5, 5.41) is 17.4. The number of hydrogen-bond acceptors (Lipinski definition) is 19. The number of rotatable bonds is 13. The first-order valence-corrected chi connectivity index (χ1v) is 18.9. The second kappa shape index (κ2) is 14.6. The molecule has 0 fully saturated rings. The molecule has 0 saturated heterocycles. The summed E-state index contributed by atoms with van der Waals surface area (Å²) in [6.07, 6.45) is -1.41. The fourth-order valence-electron chi connectivity index (χ4n) is 3.73. The molecular weight excluding hydrogens is 775 g/mol. The Balaban J connectivity index is 1.69. The van der Waals surface area contributed by atoms with E-state index < -0.39 is 103 Å². The lowest BCUT2D eigenvalue weighted by Crippen LogP contribution is -2.16. The Labute approximate surface area is 285 Å². The van der Waals surface area contributed by atoms with E-state index in [1.54, 1.807) is 0 Å². The summed E-state index contributed by atoms with van der Waals surface area (Å²) in [4.78, 5) is 7.40. The van der Waals surface area contributed by atoms with Gasteiger partial charge in [-0.25, -0.2) is 17.6 Å². The van der Waals surface area contributed by atoms with Crippen LogP contribution in [0.2, 0.25) is 0 Å². The molecule has 2 heterocycles. The van der Waals surface area contributed by atoms with Gasteiger partial charge in [0.05, 0.1) is 17.3 Å². The fourth-order valence-corrected chi connectivity index (χ4v) is 6.57. The molecule has 0 spiro atoms. The molecule has 0 bridgehead atoms. The van der Waals surface area contributed by atoms with Crippen LogP contribution < -0.4 is 16.8 Å². The van der Waals surface area contributed by atoms with E-state index in [1.807, 2.05) is 0 Å². The van der Waals surface area contributed by atoms with Crippen LogP contribution in [0.3, 0.4) is 0 Å². The predicted molar refractivity (Wildman–Crippen MR) is 169 cm³/mol. The molecule has 0 radical (unpaired) electrons. The lowest BCUT2D eigenvalue weighted by molar-refractivity contribution is 0.284. The zero-order valence-electron chi connectivity index (χ0n) is 24.7. The van der Waals surface area contributed by atoms with E-state index in [0.717, 1.165) is 42.5 Å². The van der Waals surface area contributed by atoms with Crippen molar-refractivity contribution >= 4 is 86.4 Å². The van der Waals surface area contributed by atoms with Gasteiger partial charge in [0.15, 0.2) is 21.5 Å². The van der Waals surface area contributed by atoms with Crippen molar-refractivity contribution in [2.75, 3.05) is 29.1 Å². The Morgan fingerprint density at radius 2 is 1.27 bits per heavy atom. The Bertz CT molecular complexity index is 2520.